The molecule has 0 aliphatic carbocycles. The molecule has 4 heteroatoms. The van der Waals surface area contributed by atoms with E-state index in [1.807, 2.05) is 61.5 Å². The molecule has 1 heterocycles. The zero-order valence-corrected chi connectivity index (χ0v) is 13.6. The van der Waals surface area contributed by atoms with Gasteiger partial charge in [-0.05, 0) is 55.0 Å². The van der Waals surface area contributed by atoms with Crippen LogP contribution in [0.2, 0.25) is 10.0 Å². The molecule has 0 saturated heterocycles. The van der Waals surface area contributed by atoms with Crippen LogP contribution in [0.3, 0.4) is 0 Å². The molecular weight excluding hydrogens is 317 g/mol. The van der Waals surface area contributed by atoms with Gasteiger partial charge in [-0.25, -0.2) is 0 Å². The summed E-state index contributed by atoms with van der Waals surface area (Å²) in [5, 5.41) is 4.77. The zero-order valence-electron chi connectivity index (χ0n) is 12.1. The van der Waals surface area contributed by atoms with Crippen molar-refractivity contribution < 1.29 is 4.42 Å². The molecule has 0 fully saturated rings. The third-order valence-electron chi connectivity index (χ3n) is 3.51. The highest BCUT2D eigenvalue weighted by molar-refractivity contribution is 6.31. The number of furan rings is 1. The number of benzene rings is 2. The lowest BCUT2D eigenvalue weighted by molar-refractivity contribution is 0.531. The van der Waals surface area contributed by atoms with Gasteiger partial charge in [-0.15, -0.1) is 0 Å². The molecule has 0 aliphatic heterocycles. The minimum Gasteiger partial charge on any atom is -0.459 e. The fourth-order valence-electron chi connectivity index (χ4n) is 2.25. The predicted molar refractivity (Wildman–Crippen MR) is 92.7 cm³/mol. The fourth-order valence-corrected chi connectivity index (χ4v) is 2.55. The smallest absolute Gasteiger partial charge is 0.134 e. The molecule has 3 rings (SSSR count). The van der Waals surface area contributed by atoms with Crippen molar-refractivity contribution in [2.75, 3.05) is 5.32 Å². The van der Waals surface area contributed by atoms with Gasteiger partial charge < -0.3 is 9.73 Å². The number of rotatable bonds is 4. The van der Waals surface area contributed by atoms with Crippen molar-refractivity contribution in [1.82, 2.24) is 0 Å². The largest absolute Gasteiger partial charge is 0.459 e. The zero-order chi connectivity index (χ0) is 15.5. The van der Waals surface area contributed by atoms with E-state index in [4.69, 9.17) is 27.6 Å². The van der Waals surface area contributed by atoms with Gasteiger partial charge in [-0.3, -0.25) is 0 Å². The first-order chi connectivity index (χ1) is 10.6. The lowest BCUT2D eigenvalue weighted by Gasteiger charge is -2.06. The van der Waals surface area contributed by atoms with E-state index >= 15 is 0 Å². The highest BCUT2D eigenvalue weighted by atomic mass is 35.5. The normalized spacial score (nSPS) is 10.7. The second kappa shape index (κ2) is 6.47. The van der Waals surface area contributed by atoms with E-state index in [1.165, 1.54) is 0 Å². The van der Waals surface area contributed by atoms with Gasteiger partial charge >= 0.3 is 0 Å². The van der Waals surface area contributed by atoms with Crippen LogP contribution in [0.25, 0.3) is 11.3 Å². The molecule has 1 aromatic heterocycles. The van der Waals surface area contributed by atoms with Crippen LogP contribution < -0.4 is 5.32 Å². The van der Waals surface area contributed by atoms with Crippen LogP contribution >= 0.6 is 23.2 Å². The van der Waals surface area contributed by atoms with Crippen molar-refractivity contribution in [1.29, 1.82) is 0 Å². The van der Waals surface area contributed by atoms with E-state index < -0.39 is 0 Å². The average Bonchev–Trinajstić information content (AvgIpc) is 2.98. The first-order valence-corrected chi connectivity index (χ1v) is 7.73. The number of halogens is 2. The number of nitrogens with one attached hydrogen (secondary N) is 1. The molecule has 22 heavy (non-hydrogen) atoms. The van der Waals surface area contributed by atoms with Gasteiger partial charge in [0.1, 0.15) is 11.5 Å². The third-order valence-corrected chi connectivity index (χ3v) is 4.17. The van der Waals surface area contributed by atoms with Gasteiger partial charge in [0.25, 0.3) is 0 Å². The minimum atomic E-state index is 0.612. The molecule has 0 radical (unpaired) electrons. The SMILES string of the molecule is Cc1c(Cl)cccc1-c1ccc(CNc2ccc(Cl)cc2)o1. The van der Waals surface area contributed by atoms with E-state index in [9.17, 15) is 0 Å². The summed E-state index contributed by atoms with van der Waals surface area (Å²) >= 11 is 12.0. The van der Waals surface area contributed by atoms with E-state index in [1.54, 1.807) is 0 Å². The molecule has 3 aromatic rings. The number of hydrogen-bond donors (Lipinski definition) is 1. The molecular formula is C18H15Cl2NO. The van der Waals surface area contributed by atoms with Crippen LogP contribution in [0.1, 0.15) is 11.3 Å². The predicted octanol–water partition coefficient (Wildman–Crippen LogP) is 6.17. The van der Waals surface area contributed by atoms with Crippen molar-refractivity contribution in [2.24, 2.45) is 0 Å². The maximum absolute atomic E-state index is 6.16. The molecule has 0 bridgehead atoms. The topological polar surface area (TPSA) is 25.2 Å². The summed E-state index contributed by atoms with van der Waals surface area (Å²) in [6.45, 7) is 2.60. The Morgan fingerprint density at radius 3 is 2.50 bits per heavy atom. The fraction of sp³-hybridized carbons (Fsp3) is 0.111. The molecule has 112 valence electrons. The van der Waals surface area contributed by atoms with Crippen molar-refractivity contribution >= 4 is 28.9 Å². The highest BCUT2D eigenvalue weighted by Crippen LogP contribution is 2.29. The molecule has 0 unspecified atom stereocenters. The Bertz CT molecular complexity index is 778. The molecule has 0 amide bonds. The summed E-state index contributed by atoms with van der Waals surface area (Å²) in [5.41, 5.74) is 3.04. The molecule has 0 spiro atoms. The first kappa shape index (κ1) is 15.0. The molecule has 0 saturated carbocycles. The highest BCUT2D eigenvalue weighted by Gasteiger charge is 2.09. The van der Waals surface area contributed by atoms with E-state index in [0.29, 0.717) is 6.54 Å². The summed E-state index contributed by atoms with van der Waals surface area (Å²) < 4.78 is 5.90. The van der Waals surface area contributed by atoms with Crippen LogP contribution in [-0.2, 0) is 6.54 Å². The van der Waals surface area contributed by atoms with Crippen LogP contribution in [0.15, 0.2) is 59.0 Å². The van der Waals surface area contributed by atoms with Gasteiger partial charge in [0, 0.05) is 21.3 Å². The Balaban J connectivity index is 1.74. The first-order valence-electron chi connectivity index (χ1n) is 6.97. The lowest BCUT2D eigenvalue weighted by atomic mass is 10.1. The second-order valence-electron chi connectivity index (χ2n) is 5.04. The van der Waals surface area contributed by atoms with Crippen molar-refractivity contribution in [3.8, 4) is 11.3 Å². The Morgan fingerprint density at radius 1 is 0.955 bits per heavy atom. The monoisotopic (exact) mass is 331 g/mol. The van der Waals surface area contributed by atoms with Crippen LogP contribution in [-0.4, -0.2) is 0 Å². The van der Waals surface area contributed by atoms with Crippen LogP contribution in [0.4, 0.5) is 5.69 Å². The van der Waals surface area contributed by atoms with Gasteiger partial charge in [-0.1, -0.05) is 35.3 Å². The standard InChI is InChI=1S/C18H15Cl2NO/c1-12-16(3-2-4-17(12)20)18-10-9-15(22-18)11-21-14-7-5-13(19)6-8-14/h2-10,21H,11H2,1H3. The van der Waals surface area contributed by atoms with Crippen molar-refractivity contribution in [2.45, 2.75) is 13.5 Å². The summed E-state index contributed by atoms with van der Waals surface area (Å²) in [5.74, 6) is 1.69. The van der Waals surface area contributed by atoms with Gasteiger partial charge in [-0.2, -0.15) is 0 Å². The number of anilines is 1. The minimum absolute atomic E-state index is 0.612. The second-order valence-corrected chi connectivity index (χ2v) is 5.88. The number of hydrogen-bond acceptors (Lipinski definition) is 2. The Labute approximate surface area is 139 Å². The van der Waals surface area contributed by atoms with Crippen LogP contribution in [0.5, 0.6) is 0 Å². The van der Waals surface area contributed by atoms with Gasteiger partial charge in [0.15, 0.2) is 0 Å². The summed E-state index contributed by atoms with van der Waals surface area (Å²) in [7, 11) is 0. The Kier molecular flexibility index (Phi) is 4.41. The van der Waals surface area contributed by atoms with Gasteiger partial charge in [0.05, 0.1) is 6.54 Å². The summed E-state index contributed by atoms with van der Waals surface area (Å²) in [4.78, 5) is 0. The van der Waals surface area contributed by atoms with E-state index in [0.717, 1.165) is 38.4 Å². The molecule has 0 atom stereocenters. The molecule has 0 aliphatic rings. The van der Waals surface area contributed by atoms with Crippen molar-refractivity contribution in [3.05, 3.63) is 76.0 Å². The van der Waals surface area contributed by atoms with Gasteiger partial charge in [0.2, 0.25) is 0 Å². The molecule has 1 N–H and O–H groups in total. The Morgan fingerprint density at radius 2 is 1.73 bits per heavy atom. The van der Waals surface area contributed by atoms with E-state index in [2.05, 4.69) is 5.32 Å². The van der Waals surface area contributed by atoms with Crippen molar-refractivity contribution in [3.63, 3.8) is 0 Å². The van der Waals surface area contributed by atoms with Crippen LogP contribution in [0, 0.1) is 6.92 Å². The lowest BCUT2D eigenvalue weighted by Crippen LogP contribution is -1.97. The quantitative estimate of drug-likeness (QED) is 0.618. The molecule has 2 nitrogen and oxygen atoms in total. The molecule has 2 aromatic carbocycles. The Hall–Kier alpha value is -1.90. The third kappa shape index (κ3) is 3.29. The average molecular weight is 332 g/mol. The maximum atomic E-state index is 6.16. The maximum Gasteiger partial charge on any atom is 0.134 e. The summed E-state index contributed by atoms with van der Waals surface area (Å²) in [6, 6.07) is 17.3. The van der Waals surface area contributed by atoms with E-state index in [-0.39, 0.29) is 0 Å². The summed E-state index contributed by atoms with van der Waals surface area (Å²) in [6.07, 6.45) is 0.